The number of allylic oxidation sites excluding steroid dienone is 1. The van der Waals surface area contributed by atoms with Gasteiger partial charge in [-0.15, -0.1) is 0 Å². The van der Waals surface area contributed by atoms with E-state index >= 15 is 0 Å². The molecule has 0 spiro atoms. The lowest BCUT2D eigenvalue weighted by Crippen LogP contribution is -2.29. The minimum atomic E-state index is 0.792. The van der Waals surface area contributed by atoms with Crippen molar-refractivity contribution in [3.05, 3.63) is 11.6 Å². The molecule has 1 unspecified atom stereocenters. The molecule has 0 aliphatic heterocycles. The molecule has 2 aliphatic rings. The summed E-state index contributed by atoms with van der Waals surface area (Å²) in [4.78, 5) is 0. The molecule has 2 rings (SSSR count). The summed E-state index contributed by atoms with van der Waals surface area (Å²) < 4.78 is 0. The molecule has 0 aromatic heterocycles. The lowest BCUT2D eigenvalue weighted by Gasteiger charge is -2.27. The van der Waals surface area contributed by atoms with Crippen LogP contribution in [0.5, 0.6) is 0 Å². The molecule has 1 fully saturated rings. The molecule has 0 saturated heterocycles. The Kier molecular flexibility index (Phi) is 3.85. The average molecular weight is 207 g/mol. The standard InChI is InChI=1S/C14H25N/c1-11(2)14(10-15-13-8-9-13)12-6-4-3-5-7-12/h6,11,13-15H,3-5,7-10H2,1-2H3. The Hall–Kier alpha value is -0.300. The maximum Gasteiger partial charge on any atom is 0.00684 e. The third-order valence-electron chi connectivity index (χ3n) is 3.81. The topological polar surface area (TPSA) is 12.0 Å². The van der Waals surface area contributed by atoms with Gasteiger partial charge in [-0.05, 0) is 50.4 Å². The highest BCUT2D eigenvalue weighted by molar-refractivity contribution is 5.11. The Labute approximate surface area is 94.3 Å². The van der Waals surface area contributed by atoms with Gasteiger partial charge in [-0.2, -0.15) is 0 Å². The Morgan fingerprint density at radius 3 is 2.67 bits per heavy atom. The second kappa shape index (κ2) is 5.16. The van der Waals surface area contributed by atoms with E-state index in [1.54, 1.807) is 5.57 Å². The van der Waals surface area contributed by atoms with Crippen LogP contribution < -0.4 is 5.32 Å². The third kappa shape index (κ3) is 3.34. The quantitative estimate of drug-likeness (QED) is 0.680. The normalized spacial score (nSPS) is 24.1. The molecule has 1 atom stereocenters. The van der Waals surface area contributed by atoms with Gasteiger partial charge >= 0.3 is 0 Å². The van der Waals surface area contributed by atoms with Gasteiger partial charge in [-0.25, -0.2) is 0 Å². The van der Waals surface area contributed by atoms with Crippen LogP contribution in [-0.4, -0.2) is 12.6 Å². The van der Waals surface area contributed by atoms with E-state index < -0.39 is 0 Å². The fraction of sp³-hybridized carbons (Fsp3) is 0.857. The first-order valence-corrected chi connectivity index (χ1v) is 6.69. The zero-order valence-corrected chi connectivity index (χ0v) is 10.3. The second-order valence-corrected chi connectivity index (χ2v) is 5.56. The summed E-state index contributed by atoms with van der Waals surface area (Å²) >= 11 is 0. The van der Waals surface area contributed by atoms with E-state index in [9.17, 15) is 0 Å². The monoisotopic (exact) mass is 207 g/mol. The second-order valence-electron chi connectivity index (χ2n) is 5.56. The lowest BCUT2D eigenvalue weighted by atomic mass is 9.82. The molecule has 0 aromatic rings. The fourth-order valence-electron chi connectivity index (χ4n) is 2.58. The van der Waals surface area contributed by atoms with E-state index in [1.807, 2.05) is 0 Å². The molecule has 1 N–H and O–H groups in total. The van der Waals surface area contributed by atoms with Crippen LogP contribution in [-0.2, 0) is 0 Å². The Balaban J connectivity index is 1.88. The predicted octanol–water partition coefficient (Wildman–Crippen LogP) is 3.51. The predicted molar refractivity (Wildman–Crippen MR) is 65.9 cm³/mol. The fourth-order valence-corrected chi connectivity index (χ4v) is 2.58. The van der Waals surface area contributed by atoms with E-state index in [0.717, 1.165) is 17.9 Å². The first-order valence-electron chi connectivity index (χ1n) is 6.69. The first kappa shape index (κ1) is 11.2. The Morgan fingerprint density at radius 1 is 1.33 bits per heavy atom. The molecule has 0 aromatic carbocycles. The van der Waals surface area contributed by atoms with Crippen LogP contribution in [0.1, 0.15) is 52.4 Å². The van der Waals surface area contributed by atoms with Gasteiger partial charge in [0.25, 0.3) is 0 Å². The smallest absolute Gasteiger partial charge is 0.00684 e. The Bertz CT molecular complexity index is 225. The molecule has 0 amide bonds. The highest BCUT2D eigenvalue weighted by Crippen LogP contribution is 2.29. The number of hydrogen-bond acceptors (Lipinski definition) is 1. The van der Waals surface area contributed by atoms with Gasteiger partial charge in [-0.3, -0.25) is 0 Å². The third-order valence-corrected chi connectivity index (χ3v) is 3.81. The summed E-state index contributed by atoms with van der Waals surface area (Å²) in [6, 6.07) is 0.857. The molecule has 1 saturated carbocycles. The molecular weight excluding hydrogens is 182 g/mol. The molecule has 0 bridgehead atoms. The molecule has 1 nitrogen and oxygen atoms in total. The first-order chi connectivity index (χ1) is 7.27. The van der Waals surface area contributed by atoms with Crippen molar-refractivity contribution in [2.45, 2.75) is 58.4 Å². The van der Waals surface area contributed by atoms with Crippen LogP contribution in [0, 0.1) is 11.8 Å². The molecule has 2 aliphatic carbocycles. The van der Waals surface area contributed by atoms with Crippen LogP contribution in [0.3, 0.4) is 0 Å². The van der Waals surface area contributed by atoms with E-state index in [1.165, 1.54) is 45.1 Å². The van der Waals surface area contributed by atoms with Crippen LogP contribution in [0.2, 0.25) is 0 Å². The van der Waals surface area contributed by atoms with Gasteiger partial charge in [-0.1, -0.05) is 25.5 Å². The van der Waals surface area contributed by atoms with Gasteiger partial charge in [0.05, 0.1) is 0 Å². The molecule has 15 heavy (non-hydrogen) atoms. The van der Waals surface area contributed by atoms with Gasteiger partial charge in [0.15, 0.2) is 0 Å². The maximum atomic E-state index is 3.69. The van der Waals surface area contributed by atoms with Crippen LogP contribution in [0.4, 0.5) is 0 Å². The zero-order valence-electron chi connectivity index (χ0n) is 10.3. The summed E-state index contributed by atoms with van der Waals surface area (Å²) in [7, 11) is 0. The molecular formula is C14H25N. The summed E-state index contributed by atoms with van der Waals surface area (Å²) in [6.07, 6.45) is 10.8. The summed E-state index contributed by atoms with van der Waals surface area (Å²) in [5, 5.41) is 3.69. The van der Waals surface area contributed by atoms with E-state index in [0.29, 0.717) is 0 Å². The molecule has 0 heterocycles. The summed E-state index contributed by atoms with van der Waals surface area (Å²) in [6.45, 7) is 5.96. The summed E-state index contributed by atoms with van der Waals surface area (Å²) in [5.74, 6) is 1.59. The van der Waals surface area contributed by atoms with Crippen molar-refractivity contribution in [2.75, 3.05) is 6.54 Å². The van der Waals surface area contributed by atoms with Gasteiger partial charge < -0.3 is 5.32 Å². The molecule has 0 radical (unpaired) electrons. The number of rotatable bonds is 5. The zero-order chi connectivity index (χ0) is 10.7. The van der Waals surface area contributed by atoms with Crippen LogP contribution >= 0.6 is 0 Å². The number of hydrogen-bond donors (Lipinski definition) is 1. The Morgan fingerprint density at radius 2 is 2.13 bits per heavy atom. The average Bonchev–Trinajstić information content (AvgIpc) is 3.03. The molecule has 86 valence electrons. The maximum absolute atomic E-state index is 3.69. The lowest BCUT2D eigenvalue weighted by molar-refractivity contribution is 0.394. The van der Waals surface area contributed by atoms with Gasteiger partial charge in [0.2, 0.25) is 0 Å². The highest BCUT2D eigenvalue weighted by atomic mass is 14.9. The SMILES string of the molecule is CC(C)C(CNC1CC1)C1=CCCCC1. The molecule has 1 heteroatoms. The highest BCUT2D eigenvalue weighted by Gasteiger charge is 2.24. The van der Waals surface area contributed by atoms with Crippen molar-refractivity contribution in [2.24, 2.45) is 11.8 Å². The van der Waals surface area contributed by atoms with Crippen molar-refractivity contribution >= 4 is 0 Å². The van der Waals surface area contributed by atoms with Crippen molar-refractivity contribution in [3.63, 3.8) is 0 Å². The van der Waals surface area contributed by atoms with Crippen LogP contribution in [0.25, 0.3) is 0 Å². The minimum absolute atomic E-state index is 0.792. The van der Waals surface area contributed by atoms with Crippen molar-refractivity contribution in [1.82, 2.24) is 5.32 Å². The number of nitrogens with one attached hydrogen (secondary N) is 1. The van der Waals surface area contributed by atoms with E-state index in [2.05, 4.69) is 25.2 Å². The van der Waals surface area contributed by atoms with Crippen molar-refractivity contribution in [3.8, 4) is 0 Å². The minimum Gasteiger partial charge on any atom is -0.313 e. The summed E-state index contributed by atoms with van der Waals surface area (Å²) in [5.41, 5.74) is 1.74. The van der Waals surface area contributed by atoms with Gasteiger partial charge in [0.1, 0.15) is 0 Å². The van der Waals surface area contributed by atoms with E-state index in [4.69, 9.17) is 0 Å². The van der Waals surface area contributed by atoms with Crippen molar-refractivity contribution < 1.29 is 0 Å². The van der Waals surface area contributed by atoms with Crippen molar-refractivity contribution in [1.29, 1.82) is 0 Å². The van der Waals surface area contributed by atoms with E-state index in [-0.39, 0.29) is 0 Å². The largest absolute Gasteiger partial charge is 0.313 e. The van der Waals surface area contributed by atoms with Crippen LogP contribution in [0.15, 0.2) is 11.6 Å². The van der Waals surface area contributed by atoms with Gasteiger partial charge in [0, 0.05) is 12.6 Å².